The van der Waals surface area contributed by atoms with E-state index in [0.29, 0.717) is 6.54 Å². The molecule has 8 nitrogen and oxygen atoms in total. The molecule has 29 heavy (non-hydrogen) atoms. The summed E-state index contributed by atoms with van der Waals surface area (Å²) in [5.41, 5.74) is 8.42. The first-order valence-corrected chi connectivity index (χ1v) is 9.45. The number of halogens is 1. The zero-order valence-corrected chi connectivity index (χ0v) is 17.7. The number of nitrogens with zero attached hydrogens (tertiary/aromatic N) is 4. The van der Waals surface area contributed by atoms with Gasteiger partial charge in [-0.15, -0.1) is 12.4 Å². The van der Waals surface area contributed by atoms with Crippen molar-refractivity contribution >= 4 is 24.4 Å². The summed E-state index contributed by atoms with van der Waals surface area (Å²) in [6.45, 7) is 6.50. The van der Waals surface area contributed by atoms with Gasteiger partial charge in [-0.3, -0.25) is 9.69 Å². The highest BCUT2D eigenvalue weighted by Crippen LogP contribution is 2.29. The maximum atomic E-state index is 12.8. The molecule has 2 aromatic rings. The topological polar surface area (TPSA) is 105 Å². The highest BCUT2D eigenvalue weighted by molar-refractivity contribution is 5.85. The SMILES string of the molecule is Cc1cc([C@@H]2CN(C(=O)C(N)C(C)C)CCN2C(=O)O)n(-c2ccccc2)n1.Cl. The summed E-state index contributed by atoms with van der Waals surface area (Å²) >= 11 is 0. The molecule has 9 heteroatoms. The van der Waals surface area contributed by atoms with Crippen LogP contribution < -0.4 is 5.73 Å². The molecule has 1 aromatic carbocycles. The molecule has 158 valence electrons. The number of carbonyl (C=O) groups excluding carboxylic acids is 1. The lowest BCUT2D eigenvalue weighted by Gasteiger charge is -2.41. The third-order valence-corrected chi connectivity index (χ3v) is 5.14. The molecule has 0 radical (unpaired) electrons. The Hall–Kier alpha value is -2.58. The lowest BCUT2D eigenvalue weighted by molar-refractivity contribution is -0.136. The second-order valence-corrected chi connectivity index (χ2v) is 7.50. The Labute approximate surface area is 176 Å². The predicted molar refractivity (Wildman–Crippen MR) is 112 cm³/mol. The fraction of sp³-hybridized carbons (Fsp3) is 0.450. The smallest absolute Gasteiger partial charge is 0.407 e. The maximum absolute atomic E-state index is 12.8. The molecule has 3 rings (SSSR count). The van der Waals surface area contributed by atoms with Gasteiger partial charge in [0, 0.05) is 19.6 Å². The molecule has 1 fully saturated rings. The van der Waals surface area contributed by atoms with Gasteiger partial charge in [-0.1, -0.05) is 32.0 Å². The van der Waals surface area contributed by atoms with Crippen molar-refractivity contribution in [3.8, 4) is 5.69 Å². The Morgan fingerprint density at radius 2 is 1.86 bits per heavy atom. The molecule has 1 aliphatic heterocycles. The van der Waals surface area contributed by atoms with Crippen molar-refractivity contribution < 1.29 is 14.7 Å². The third kappa shape index (κ3) is 4.71. The molecule has 0 bridgehead atoms. The van der Waals surface area contributed by atoms with Gasteiger partial charge < -0.3 is 15.7 Å². The van der Waals surface area contributed by atoms with Crippen molar-refractivity contribution in [2.24, 2.45) is 11.7 Å². The van der Waals surface area contributed by atoms with Crippen molar-refractivity contribution in [3.63, 3.8) is 0 Å². The highest BCUT2D eigenvalue weighted by atomic mass is 35.5. The van der Waals surface area contributed by atoms with Gasteiger partial charge in [0.15, 0.2) is 0 Å². The Balaban J connectivity index is 0.00000300. The summed E-state index contributed by atoms with van der Waals surface area (Å²) in [4.78, 5) is 27.7. The maximum Gasteiger partial charge on any atom is 0.407 e. The molecule has 0 aliphatic carbocycles. The molecule has 2 amide bonds. The summed E-state index contributed by atoms with van der Waals surface area (Å²) in [5, 5.41) is 14.3. The molecule has 1 unspecified atom stereocenters. The number of benzene rings is 1. The number of nitrogens with two attached hydrogens (primary N) is 1. The van der Waals surface area contributed by atoms with E-state index in [1.165, 1.54) is 4.90 Å². The van der Waals surface area contributed by atoms with E-state index in [4.69, 9.17) is 5.73 Å². The van der Waals surface area contributed by atoms with Gasteiger partial charge in [0.1, 0.15) is 0 Å². The summed E-state index contributed by atoms with van der Waals surface area (Å²) in [5.74, 6) is -0.131. The van der Waals surface area contributed by atoms with Gasteiger partial charge in [-0.05, 0) is 31.0 Å². The predicted octanol–water partition coefficient (Wildman–Crippen LogP) is 2.45. The summed E-state index contributed by atoms with van der Waals surface area (Å²) in [6, 6.07) is 10.3. The van der Waals surface area contributed by atoms with E-state index in [-0.39, 0.29) is 37.3 Å². The summed E-state index contributed by atoms with van der Waals surface area (Å²) in [6.07, 6.45) is -1.01. The number of piperazine rings is 1. The molecule has 3 N–H and O–H groups in total. The number of hydrogen-bond acceptors (Lipinski definition) is 4. The van der Waals surface area contributed by atoms with Crippen LogP contribution in [-0.4, -0.2) is 62.4 Å². The first-order chi connectivity index (χ1) is 13.3. The van der Waals surface area contributed by atoms with Crippen molar-refractivity contribution in [3.05, 3.63) is 47.8 Å². The Morgan fingerprint density at radius 3 is 2.45 bits per heavy atom. The molecule has 0 spiro atoms. The van der Waals surface area contributed by atoms with Crippen LogP contribution in [0.5, 0.6) is 0 Å². The Kier molecular flexibility index (Phi) is 7.26. The van der Waals surface area contributed by atoms with Crippen LogP contribution in [0.4, 0.5) is 4.79 Å². The average Bonchev–Trinajstić information content (AvgIpc) is 3.08. The lowest BCUT2D eigenvalue weighted by Crippen LogP contribution is -2.56. The number of hydrogen-bond donors (Lipinski definition) is 2. The van der Waals surface area contributed by atoms with Gasteiger partial charge in [-0.2, -0.15) is 5.10 Å². The zero-order chi connectivity index (χ0) is 20.4. The largest absolute Gasteiger partial charge is 0.465 e. The van der Waals surface area contributed by atoms with Crippen molar-refractivity contribution in [1.29, 1.82) is 0 Å². The molecule has 2 atom stereocenters. The number of amides is 2. The lowest BCUT2D eigenvalue weighted by atomic mass is 10.0. The fourth-order valence-electron chi connectivity index (χ4n) is 3.49. The molecule has 1 aliphatic rings. The third-order valence-electron chi connectivity index (χ3n) is 5.14. The van der Waals surface area contributed by atoms with Crippen LogP contribution in [0.2, 0.25) is 0 Å². The Morgan fingerprint density at radius 1 is 1.21 bits per heavy atom. The standard InChI is InChI=1S/C20H27N5O3.ClH/c1-13(2)18(21)19(26)23-9-10-24(20(27)28)17(12-23)16-11-14(3)22-25(16)15-7-5-4-6-8-15;/h4-8,11,13,17-18H,9-10,12,21H2,1-3H3,(H,27,28);1H/t17-,18?;/m0./s1. The first kappa shape index (κ1) is 22.7. The van der Waals surface area contributed by atoms with E-state index in [0.717, 1.165) is 17.1 Å². The number of carbonyl (C=O) groups is 2. The molecule has 1 saturated heterocycles. The van der Waals surface area contributed by atoms with Crippen molar-refractivity contribution in [2.45, 2.75) is 32.9 Å². The normalized spacial score (nSPS) is 17.8. The summed E-state index contributed by atoms with van der Waals surface area (Å²) in [7, 11) is 0. The van der Waals surface area contributed by atoms with Gasteiger partial charge in [0.05, 0.1) is 29.2 Å². The molecular weight excluding hydrogens is 394 g/mol. The molecular formula is C20H28ClN5O3. The van der Waals surface area contributed by atoms with Crippen LogP contribution in [0.15, 0.2) is 36.4 Å². The van der Waals surface area contributed by atoms with Gasteiger partial charge >= 0.3 is 6.09 Å². The second kappa shape index (κ2) is 9.28. The number of carboxylic acid groups (broad SMARTS) is 1. The second-order valence-electron chi connectivity index (χ2n) is 7.50. The molecule has 0 saturated carbocycles. The van der Waals surface area contributed by atoms with E-state index in [1.54, 1.807) is 9.58 Å². The fourth-order valence-corrected chi connectivity index (χ4v) is 3.49. The minimum Gasteiger partial charge on any atom is -0.465 e. The number of aromatic nitrogens is 2. The van der Waals surface area contributed by atoms with E-state index in [2.05, 4.69) is 5.10 Å². The van der Waals surface area contributed by atoms with Gasteiger partial charge in [-0.25, -0.2) is 9.48 Å². The van der Waals surface area contributed by atoms with Crippen LogP contribution in [-0.2, 0) is 4.79 Å². The quantitative estimate of drug-likeness (QED) is 0.788. The van der Waals surface area contributed by atoms with E-state index >= 15 is 0 Å². The van der Waals surface area contributed by atoms with Crippen LogP contribution >= 0.6 is 12.4 Å². The minimum atomic E-state index is -1.01. The number of para-hydroxylation sites is 1. The van der Waals surface area contributed by atoms with Crippen LogP contribution in [0.1, 0.15) is 31.3 Å². The van der Waals surface area contributed by atoms with E-state index in [9.17, 15) is 14.7 Å². The van der Waals surface area contributed by atoms with Crippen LogP contribution in [0.3, 0.4) is 0 Å². The average molecular weight is 422 g/mol. The van der Waals surface area contributed by atoms with Crippen LogP contribution in [0, 0.1) is 12.8 Å². The minimum absolute atomic E-state index is 0. The monoisotopic (exact) mass is 421 g/mol. The molecule has 2 heterocycles. The van der Waals surface area contributed by atoms with E-state index < -0.39 is 18.2 Å². The summed E-state index contributed by atoms with van der Waals surface area (Å²) < 4.78 is 1.76. The van der Waals surface area contributed by atoms with Crippen molar-refractivity contribution in [2.75, 3.05) is 19.6 Å². The first-order valence-electron chi connectivity index (χ1n) is 9.45. The Bertz CT molecular complexity index is 855. The molecule has 1 aromatic heterocycles. The zero-order valence-electron chi connectivity index (χ0n) is 16.9. The van der Waals surface area contributed by atoms with E-state index in [1.807, 2.05) is 57.2 Å². The number of aryl methyl sites for hydroxylation is 1. The number of rotatable bonds is 4. The van der Waals surface area contributed by atoms with Gasteiger partial charge in [0.25, 0.3) is 0 Å². The van der Waals surface area contributed by atoms with Gasteiger partial charge in [0.2, 0.25) is 5.91 Å². The van der Waals surface area contributed by atoms with Crippen LogP contribution in [0.25, 0.3) is 5.69 Å². The van der Waals surface area contributed by atoms with Crippen molar-refractivity contribution in [1.82, 2.24) is 19.6 Å². The highest BCUT2D eigenvalue weighted by Gasteiger charge is 2.37.